The van der Waals surface area contributed by atoms with E-state index in [9.17, 15) is 4.79 Å². The quantitative estimate of drug-likeness (QED) is 0.307. The molecule has 0 aliphatic rings. The highest BCUT2D eigenvalue weighted by Gasteiger charge is 2.11. The fourth-order valence-electron chi connectivity index (χ4n) is 3.47. The van der Waals surface area contributed by atoms with E-state index in [0.29, 0.717) is 46.0 Å². The van der Waals surface area contributed by atoms with Gasteiger partial charge < -0.3 is 24.3 Å². The van der Waals surface area contributed by atoms with Crippen molar-refractivity contribution in [1.29, 1.82) is 0 Å². The first-order chi connectivity index (χ1) is 17.1. The van der Waals surface area contributed by atoms with Crippen molar-refractivity contribution in [3.05, 3.63) is 83.2 Å². The Morgan fingerprint density at radius 1 is 0.886 bits per heavy atom. The van der Waals surface area contributed by atoms with Crippen molar-refractivity contribution < 1.29 is 23.7 Å². The van der Waals surface area contributed by atoms with Gasteiger partial charge in [0, 0.05) is 23.7 Å². The highest BCUT2D eigenvalue weighted by atomic mass is 32.1. The molecular formula is C27H26N2O5S. The van der Waals surface area contributed by atoms with Crippen molar-refractivity contribution in [2.75, 3.05) is 33.3 Å². The van der Waals surface area contributed by atoms with Gasteiger partial charge in [0.1, 0.15) is 0 Å². The van der Waals surface area contributed by atoms with E-state index < -0.39 is 0 Å². The van der Waals surface area contributed by atoms with Crippen LogP contribution in [0.5, 0.6) is 22.4 Å². The fourth-order valence-corrected chi connectivity index (χ4v) is 4.18. The second-order valence-electron chi connectivity index (χ2n) is 7.51. The number of amides is 1. The first-order valence-corrected chi connectivity index (χ1v) is 11.8. The predicted octanol–water partition coefficient (Wildman–Crippen LogP) is 5.71. The first kappa shape index (κ1) is 24.1. The Morgan fingerprint density at radius 2 is 1.71 bits per heavy atom. The van der Waals surface area contributed by atoms with E-state index in [1.165, 1.54) is 11.3 Å². The molecule has 2 heterocycles. The van der Waals surface area contributed by atoms with Gasteiger partial charge in [-0.25, -0.2) is 4.98 Å². The van der Waals surface area contributed by atoms with Crippen LogP contribution < -0.4 is 24.3 Å². The summed E-state index contributed by atoms with van der Waals surface area (Å²) >= 11 is 1.30. The molecule has 1 amide bonds. The average molecular weight is 491 g/mol. The molecule has 0 bridgehead atoms. The molecule has 35 heavy (non-hydrogen) atoms. The van der Waals surface area contributed by atoms with Gasteiger partial charge in [0.05, 0.1) is 38.5 Å². The summed E-state index contributed by atoms with van der Waals surface area (Å²) in [6.45, 7) is 0.465. The number of nitrogens with one attached hydrogen (secondary N) is 1. The molecule has 0 saturated heterocycles. The summed E-state index contributed by atoms with van der Waals surface area (Å²) in [5.74, 6) is 1.73. The third-order valence-corrected chi connectivity index (χ3v) is 6.28. The zero-order chi connectivity index (χ0) is 24.6. The fraction of sp³-hybridized carbons (Fsp3) is 0.185. The molecule has 0 atom stereocenters. The number of carbonyl (C=O) groups excluding carboxylic acids is 1. The Balaban J connectivity index is 1.40. The minimum absolute atomic E-state index is 0.185. The Bertz CT molecular complexity index is 1300. The summed E-state index contributed by atoms with van der Waals surface area (Å²) in [7, 11) is 4.81. The van der Waals surface area contributed by atoms with Crippen molar-refractivity contribution in [2.24, 2.45) is 0 Å². The number of hydrogen-bond acceptors (Lipinski definition) is 7. The molecule has 1 N–H and O–H groups in total. The number of carbonyl (C=O) groups is 1. The van der Waals surface area contributed by atoms with Gasteiger partial charge >= 0.3 is 0 Å². The Labute approximate surface area is 208 Å². The lowest BCUT2D eigenvalue weighted by molar-refractivity contribution is 0.103. The van der Waals surface area contributed by atoms with E-state index >= 15 is 0 Å². The van der Waals surface area contributed by atoms with Crippen LogP contribution in [-0.2, 0) is 6.42 Å². The lowest BCUT2D eigenvalue weighted by Crippen LogP contribution is -2.10. The van der Waals surface area contributed by atoms with Gasteiger partial charge in [-0.1, -0.05) is 35.6 Å². The number of benzene rings is 2. The molecule has 0 fully saturated rings. The van der Waals surface area contributed by atoms with E-state index in [1.54, 1.807) is 33.5 Å². The van der Waals surface area contributed by atoms with Gasteiger partial charge in [0.2, 0.25) is 5.88 Å². The van der Waals surface area contributed by atoms with Gasteiger partial charge in [0.15, 0.2) is 16.6 Å². The van der Waals surface area contributed by atoms with Gasteiger partial charge in [-0.15, -0.1) is 0 Å². The monoisotopic (exact) mass is 490 g/mol. The van der Waals surface area contributed by atoms with E-state index in [0.717, 1.165) is 16.8 Å². The highest BCUT2D eigenvalue weighted by Crippen LogP contribution is 2.28. The second kappa shape index (κ2) is 11.4. The average Bonchev–Trinajstić information content (AvgIpc) is 3.39. The molecule has 8 heteroatoms. The molecule has 7 nitrogen and oxygen atoms in total. The molecule has 0 unspecified atom stereocenters. The van der Waals surface area contributed by atoms with Gasteiger partial charge in [-0.2, -0.15) is 0 Å². The number of ether oxygens (including phenoxy) is 4. The summed E-state index contributed by atoms with van der Waals surface area (Å²) in [4.78, 5) is 17.8. The van der Waals surface area contributed by atoms with E-state index in [2.05, 4.69) is 10.3 Å². The van der Waals surface area contributed by atoms with Crippen molar-refractivity contribution >= 4 is 22.9 Å². The van der Waals surface area contributed by atoms with Crippen LogP contribution in [0.25, 0.3) is 11.3 Å². The van der Waals surface area contributed by atoms with Gasteiger partial charge in [-0.05, 0) is 48.0 Å². The Morgan fingerprint density at radius 3 is 2.49 bits per heavy atom. The molecule has 0 saturated carbocycles. The summed E-state index contributed by atoms with van der Waals surface area (Å²) in [5, 5.41) is 3.62. The molecule has 0 radical (unpaired) electrons. The maximum atomic E-state index is 12.5. The van der Waals surface area contributed by atoms with Gasteiger partial charge in [0.25, 0.3) is 5.91 Å². The number of methoxy groups -OCH3 is 3. The molecule has 0 aliphatic heterocycles. The van der Waals surface area contributed by atoms with E-state index in [1.807, 2.05) is 60.7 Å². The molecule has 2 aromatic heterocycles. The maximum Gasteiger partial charge on any atom is 0.265 e. The molecule has 180 valence electrons. The van der Waals surface area contributed by atoms with Crippen LogP contribution >= 0.6 is 11.3 Å². The third-order valence-electron chi connectivity index (χ3n) is 5.23. The minimum atomic E-state index is -0.185. The van der Waals surface area contributed by atoms with Crippen LogP contribution in [0.1, 0.15) is 15.2 Å². The van der Waals surface area contributed by atoms with E-state index in [-0.39, 0.29) is 5.91 Å². The number of nitrogens with zero attached hydrogens (tertiary/aromatic N) is 1. The van der Waals surface area contributed by atoms with Crippen molar-refractivity contribution in [1.82, 2.24) is 4.98 Å². The SMILES string of the molecule is COc1ccc(C(=O)Nc2cccc(-c3cccc(OCCc4ccc(OC)c(OC)c4)n3)c2)s1. The number of rotatable bonds is 10. The van der Waals surface area contributed by atoms with Crippen LogP contribution in [0.2, 0.25) is 0 Å². The Kier molecular flexibility index (Phi) is 7.84. The zero-order valence-electron chi connectivity index (χ0n) is 19.7. The largest absolute Gasteiger partial charge is 0.493 e. The number of anilines is 1. The van der Waals surface area contributed by atoms with Crippen molar-refractivity contribution in [3.63, 3.8) is 0 Å². The summed E-state index contributed by atoms with van der Waals surface area (Å²) < 4.78 is 21.7. The maximum absolute atomic E-state index is 12.5. The third kappa shape index (κ3) is 6.10. The number of thiophene rings is 1. The smallest absolute Gasteiger partial charge is 0.265 e. The highest BCUT2D eigenvalue weighted by molar-refractivity contribution is 7.15. The van der Waals surface area contributed by atoms with Crippen molar-refractivity contribution in [2.45, 2.75) is 6.42 Å². The molecule has 4 rings (SSSR count). The zero-order valence-corrected chi connectivity index (χ0v) is 20.6. The molecule has 4 aromatic rings. The van der Waals surface area contributed by atoms with Crippen LogP contribution in [-0.4, -0.2) is 38.8 Å². The van der Waals surface area contributed by atoms with Gasteiger partial charge in [-0.3, -0.25) is 4.79 Å². The van der Waals surface area contributed by atoms with Crippen LogP contribution in [0.4, 0.5) is 5.69 Å². The first-order valence-electron chi connectivity index (χ1n) is 11.0. The molecule has 2 aromatic carbocycles. The summed E-state index contributed by atoms with van der Waals surface area (Å²) in [6.07, 6.45) is 0.696. The molecule has 0 aliphatic carbocycles. The van der Waals surface area contributed by atoms with Crippen LogP contribution in [0, 0.1) is 0 Å². The molecular weight excluding hydrogens is 464 g/mol. The standard InChI is InChI=1S/C27H26N2O5S/c1-31-22-11-10-18(16-23(22)32-2)14-15-34-25-9-5-8-21(29-25)19-6-4-7-20(17-19)28-27(30)24-12-13-26(33-3)35-24/h4-13,16-17H,14-15H2,1-3H3,(H,28,30). The lowest BCUT2D eigenvalue weighted by Gasteiger charge is -2.11. The van der Waals surface area contributed by atoms with E-state index in [4.69, 9.17) is 18.9 Å². The minimum Gasteiger partial charge on any atom is -0.493 e. The lowest BCUT2D eigenvalue weighted by atomic mass is 10.1. The number of pyridine rings is 1. The van der Waals surface area contributed by atoms with Crippen LogP contribution in [0.15, 0.2) is 72.8 Å². The van der Waals surface area contributed by atoms with Crippen LogP contribution in [0.3, 0.4) is 0 Å². The topological polar surface area (TPSA) is 78.9 Å². The summed E-state index contributed by atoms with van der Waals surface area (Å²) in [6, 6.07) is 22.5. The number of hydrogen-bond donors (Lipinski definition) is 1. The summed E-state index contributed by atoms with van der Waals surface area (Å²) in [5.41, 5.74) is 3.38. The second-order valence-corrected chi connectivity index (χ2v) is 8.55. The Hall–Kier alpha value is -4.04. The normalized spacial score (nSPS) is 10.5. The predicted molar refractivity (Wildman–Crippen MR) is 137 cm³/mol. The number of aromatic nitrogens is 1. The van der Waals surface area contributed by atoms with Crippen molar-refractivity contribution in [3.8, 4) is 33.7 Å². The molecule has 0 spiro atoms.